The van der Waals surface area contributed by atoms with Crippen molar-refractivity contribution in [2.24, 2.45) is 0 Å². The molecule has 0 aliphatic heterocycles. The zero-order valence-electron chi connectivity index (χ0n) is 12.2. The van der Waals surface area contributed by atoms with Gasteiger partial charge in [-0.25, -0.2) is 8.42 Å². The molecule has 1 N–H and O–H groups in total. The Bertz CT molecular complexity index is 963. The third-order valence-electron chi connectivity index (χ3n) is 3.29. The molecule has 3 rings (SSSR count). The van der Waals surface area contributed by atoms with Crippen LogP contribution in [-0.2, 0) is 10.0 Å². The lowest BCUT2D eigenvalue weighted by Crippen LogP contribution is -2.26. The first-order valence-corrected chi connectivity index (χ1v) is 8.90. The van der Waals surface area contributed by atoms with Gasteiger partial charge in [0, 0.05) is 24.7 Å². The number of hydrogen-bond donors (Lipinski definition) is 1. The molecule has 0 aliphatic carbocycles. The minimum Gasteiger partial charge on any atom is -0.406 e. The predicted molar refractivity (Wildman–Crippen MR) is 84.9 cm³/mol. The molecule has 0 unspecified atom stereocenters. The molecule has 2 aromatic heterocycles. The van der Waals surface area contributed by atoms with Crippen molar-refractivity contribution in [3.8, 4) is 5.75 Å². The summed E-state index contributed by atoms with van der Waals surface area (Å²) in [6, 6.07) is 6.77. The minimum absolute atomic E-state index is 0.0603. The molecule has 24 heavy (non-hydrogen) atoms. The number of thiophene rings is 1. The second-order valence-corrected chi connectivity index (χ2v) is 7.98. The first-order valence-electron chi connectivity index (χ1n) is 6.58. The van der Waals surface area contributed by atoms with Crippen LogP contribution in [0.25, 0.3) is 10.9 Å². The maximum Gasteiger partial charge on any atom is 0.573 e. The van der Waals surface area contributed by atoms with Gasteiger partial charge in [-0.15, -0.1) is 24.5 Å². The standard InChI is InChI=1S/C14H11F3N2O3S2/c1-19(24(20,21)12-3-2-6-23-12)11-8-10(22-14(15,16)17)7-9-4-5-18-13(9)11/h2-8,18H,1H3. The zero-order chi connectivity index (χ0) is 17.5. The molecule has 0 aliphatic rings. The van der Waals surface area contributed by atoms with E-state index >= 15 is 0 Å². The number of rotatable bonds is 4. The highest BCUT2D eigenvalue weighted by atomic mass is 32.2. The molecule has 0 atom stereocenters. The largest absolute Gasteiger partial charge is 0.573 e. The van der Waals surface area contributed by atoms with Crippen molar-refractivity contribution in [2.45, 2.75) is 10.6 Å². The molecule has 10 heteroatoms. The molecule has 0 spiro atoms. The van der Waals surface area contributed by atoms with Crippen molar-refractivity contribution in [3.05, 3.63) is 41.9 Å². The minimum atomic E-state index is -4.87. The van der Waals surface area contributed by atoms with Crippen LogP contribution in [0.1, 0.15) is 0 Å². The summed E-state index contributed by atoms with van der Waals surface area (Å²) < 4.78 is 67.7. The number of nitrogens with zero attached hydrogens (tertiary/aromatic N) is 1. The summed E-state index contributed by atoms with van der Waals surface area (Å²) in [4.78, 5) is 2.84. The van der Waals surface area contributed by atoms with Gasteiger partial charge in [-0.05, 0) is 23.6 Å². The number of halogens is 3. The van der Waals surface area contributed by atoms with E-state index in [1.807, 2.05) is 0 Å². The van der Waals surface area contributed by atoms with E-state index in [0.717, 1.165) is 21.7 Å². The zero-order valence-corrected chi connectivity index (χ0v) is 13.8. The van der Waals surface area contributed by atoms with Crippen molar-refractivity contribution in [1.82, 2.24) is 4.98 Å². The molecule has 1 aromatic carbocycles. The van der Waals surface area contributed by atoms with Crippen molar-refractivity contribution in [3.63, 3.8) is 0 Å². The van der Waals surface area contributed by atoms with Crippen LogP contribution < -0.4 is 9.04 Å². The molecule has 0 saturated heterocycles. The van der Waals surface area contributed by atoms with Gasteiger partial charge in [0.25, 0.3) is 10.0 Å². The van der Waals surface area contributed by atoms with Crippen molar-refractivity contribution >= 4 is 38.0 Å². The third kappa shape index (κ3) is 3.06. The van der Waals surface area contributed by atoms with Gasteiger partial charge >= 0.3 is 6.36 Å². The van der Waals surface area contributed by atoms with E-state index in [1.165, 1.54) is 31.4 Å². The van der Waals surface area contributed by atoms with Crippen molar-refractivity contribution in [1.29, 1.82) is 0 Å². The van der Waals surface area contributed by atoms with Crippen molar-refractivity contribution < 1.29 is 26.3 Å². The van der Waals surface area contributed by atoms with E-state index < -0.39 is 22.1 Å². The Morgan fingerprint density at radius 1 is 1.25 bits per heavy atom. The van der Waals surface area contributed by atoms with Crippen LogP contribution in [0.5, 0.6) is 5.75 Å². The average molecular weight is 376 g/mol. The molecular formula is C14H11F3N2O3S2. The highest BCUT2D eigenvalue weighted by Crippen LogP contribution is 2.36. The number of H-pyrrole nitrogens is 1. The lowest BCUT2D eigenvalue weighted by atomic mass is 10.2. The molecule has 0 fully saturated rings. The summed E-state index contributed by atoms with van der Waals surface area (Å²) in [5, 5.41) is 2.01. The van der Waals surface area contributed by atoms with Gasteiger partial charge < -0.3 is 9.72 Å². The number of alkyl halides is 3. The molecule has 2 heterocycles. The highest BCUT2D eigenvalue weighted by molar-refractivity contribution is 7.94. The van der Waals surface area contributed by atoms with E-state index in [9.17, 15) is 21.6 Å². The molecule has 3 aromatic rings. The van der Waals surface area contributed by atoms with Crippen LogP contribution in [-0.4, -0.2) is 26.8 Å². The average Bonchev–Trinajstić information content (AvgIpc) is 3.14. The number of sulfonamides is 1. The van der Waals surface area contributed by atoms with Gasteiger partial charge in [-0.1, -0.05) is 6.07 Å². The Morgan fingerprint density at radius 2 is 2.00 bits per heavy atom. The maximum absolute atomic E-state index is 12.6. The lowest BCUT2D eigenvalue weighted by Gasteiger charge is -2.20. The maximum atomic E-state index is 12.6. The van der Waals surface area contributed by atoms with Gasteiger partial charge in [0.1, 0.15) is 9.96 Å². The van der Waals surface area contributed by atoms with Crippen LogP contribution in [0.3, 0.4) is 0 Å². The lowest BCUT2D eigenvalue weighted by molar-refractivity contribution is -0.274. The Morgan fingerprint density at radius 3 is 2.62 bits per heavy atom. The molecule has 0 bridgehead atoms. The number of aromatic amines is 1. The van der Waals surface area contributed by atoms with E-state index in [4.69, 9.17) is 0 Å². The number of fused-ring (bicyclic) bond motifs is 1. The summed E-state index contributed by atoms with van der Waals surface area (Å²) >= 11 is 1.02. The Kier molecular flexibility index (Phi) is 3.96. The van der Waals surface area contributed by atoms with Crippen LogP contribution >= 0.6 is 11.3 Å². The number of anilines is 1. The summed E-state index contributed by atoms with van der Waals surface area (Å²) in [5.41, 5.74) is 0.456. The Balaban J connectivity index is 2.12. The van der Waals surface area contributed by atoms with Crippen LogP contribution in [0, 0.1) is 0 Å². The van der Waals surface area contributed by atoms with Crippen molar-refractivity contribution in [2.75, 3.05) is 11.4 Å². The van der Waals surface area contributed by atoms with Crippen LogP contribution in [0.4, 0.5) is 18.9 Å². The SMILES string of the molecule is CN(c1cc(OC(F)(F)F)cc2cc[nH]c12)S(=O)(=O)c1cccs1. The van der Waals surface area contributed by atoms with Crippen LogP contribution in [0.2, 0.25) is 0 Å². The molecule has 0 saturated carbocycles. The fraction of sp³-hybridized carbons (Fsp3) is 0.143. The summed E-state index contributed by atoms with van der Waals surface area (Å²) in [6.07, 6.45) is -3.36. The number of benzene rings is 1. The Labute approximate surface area is 139 Å². The summed E-state index contributed by atoms with van der Waals surface area (Å²) in [7, 11) is -2.60. The number of hydrogen-bond acceptors (Lipinski definition) is 4. The number of ether oxygens (including phenoxy) is 1. The molecule has 0 radical (unpaired) electrons. The van der Waals surface area contributed by atoms with E-state index in [-0.39, 0.29) is 9.90 Å². The molecule has 5 nitrogen and oxygen atoms in total. The molecule has 128 valence electrons. The normalized spacial score (nSPS) is 12.5. The third-order valence-corrected chi connectivity index (χ3v) is 6.44. The van der Waals surface area contributed by atoms with E-state index in [1.54, 1.807) is 11.4 Å². The first-order chi connectivity index (χ1) is 11.2. The first kappa shape index (κ1) is 16.7. The van der Waals surface area contributed by atoms with Gasteiger partial charge in [-0.2, -0.15) is 0 Å². The number of aromatic nitrogens is 1. The molecular weight excluding hydrogens is 365 g/mol. The fourth-order valence-electron chi connectivity index (χ4n) is 2.24. The smallest absolute Gasteiger partial charge is 0.406 e. The Hall–Kier alpha value is -2.20. The van der Waals surface area contributed by atoms with E-state index in [0.29, 0.717) is 10.9 Å². The van der Waals surface area contributed by atoms with Gasteiger partial charge in [0.15, 0.2) is 0 Å². The van der Waals surface area contributed by atoms with Gasteiger partial charge in [0.05, 0.1) is 11.2 Å². The predicted octanol–water partition coefficient (Wildman–Crippen LogP) is 3.95. The fourth-order valence-corrected chi connectivity index (χ4v) is 4.60. The van der Waals surface area contributed by atoms with Crippen LogP contribution in [0.15, 0.2) is 46.1 Å². The van der Waals surface area contributed by atoms with Gasteiger partial charge in [0.2, 0.25) is 0 Å². The number of nitrogens with one attached hydrogen (secondary N) is 1. The van der Waals surface area contributed by atoms with Gasteiger partial charge in [-0.3, -0.25) is 4.31 Å². The van der Waals surface area contributed by atoms with E-state index in [2.05, 4.69) is 9.72 Å². The topological polar surface area (TPSA) is 62.4 Å². The monoisotopic (exact) mass is 376 g/mol. The summed E-state index contributed by atoms with van der Waals surface area (Å²) in [6.45, 7) is 0. The quantitative estimate of drug-likeness (QED) is 0.750. The second-order valence-electron chi connectivity index (χ2n) is 4.84. The molecule has 0 amide bonds. The second kappa shape index (κ2) is 5.71. The highest BCUT2D eigenvalue weighted by Gasteiger charge is 2.32. The summed E-state index contributed by atoms with van der Waals surface area (Å²) in [5.74, 6) is -0.488.